The van der Waals surface area contributed by atoms with Gasteiger partial charge in [-0.05, 0) is 12.0 Å². The van der Waals surface area contributed by atoms with Gasteiger partial charge in [0, 0.05) is 5.56 Å². The monoisotopic (exact) mass is 226 g/mol. The molecule has 0 saturated heterocycles. The third-order valence-electron chi connectivity index (χ3n) is 2.23. The van der Waals surface area contributed by atoms with Crippen molar-refractivity contribution in [1.82, 2.24) is 0 Å². The minimum absolute atomic E-state index is 0.0260. The summed E-state index contributed by atoms with van der Waals surface area (Å²) in [6.45, 7) is 3.47. The molecule has 0 bridgehead atoms. The van der Waals surface area contributed by atoms with E-state index in [0.29, 0.717) is 5.56 Å². The molecule has 16 heavy (non-hydrogen) atoms. The van der Waals surface area contributed by atoms with E-state index in [1.807, 2.05) is 0 Å². The number of carboxylic acids is 1. The van der Waals surface area contributed by atoms with E-state index in [1.54, 1.807) is 32.0 Å². The molecule has 0 amide bonds. The summed E-state index contributed by atoms with van der Waals surface area (Å²) in [6, 6.07) is 6.17. The molecule has 4 heteroatoms. The molecular weight excluding hydrogens is 211 g/mol. The summed E-state index contributed by atoms with van der Waals surface area (Å²) in [5.74, 6) is -1.55. The number of hydrogen-bond acceptors (Lipinski definition) is 2. The van der Waals surface area contributed by atoms with Crippen LogP contribution in [0.25, 0.3) is 0 Å². The second-order valence-electron chi connectivity index (χ2n) is 3.91. The van der Waals surface area contributed by atoms with Crippen LogP contribution in [0, 0.1) is 11.7 Å². The minimum atomic E-state index is -1.02. The van der Waals surface area contributed by atoms with Crippen LogP contribution in [0.3, 0.4) is 0 Å². The van der Waals surface area contributed by atoms with Crippen molar-refractivity contribution in [2.75, 3.05) is 0 Å². The summed E-state index contributed by atoms with van der Waals surface area (Å²) in [4.78, 5) is 10.8. The molecule has 0 fully saturated rings. The SMILES string of the molecule is CC(C)C(OCc1ccccc1F)C(=O)O. The summed E-state index contributed by atoms with van der Waals surface area (Å²) >= 11 is 0. The van der Waals surface area contributed by atoms with E-state index in [1.165, 1.54) is 6.07 Å². The number of rotatable bonds is 5. The van der Waals surface area contributed by atoms with Crippen LogP contribution in [-0.4, -0.2) is 17.2 Å². The molecule has 0 saturated carbocycles. The molecule has 3 nitrogen and oxygen atoms in total. The Bertz CT molecular complexity index is 363. The van der Waals surface area contributed by atoms with Crippen LogP contribution in [0.1, 0.15) is 19.4 Å². The molecule has 0 radical (unpaired) electrons. The third-order valence-corrected chi connectivity index (χ3v) is 2.23. The summed E-state index contributed by atoms with van der Waals surface area (Å²) in [6.07, 6.45) is -0.903. The molecule has 1 unspecified atom stereocenters. The summed E-state index contributed by atoms with van der Waals surface area (Å²) in [5.41, 5.74) is 0.370. The lowest BCUT2D eigenvalue weighted by Gasteiger charge is -2.17. The van der Waals surface area contributed by atoms with Gasteiger partial charge < -0.3 is 9.84 Å². The average molecular weight is 226 g/mol. The van der Waals surface area contributed by atoms with Gasteiger partial charge in [-0.15, -0.1) is 0 Å². The molecule has 1 atom stereocenters. The summed E-state index contributed by atoms with van der Waals surface area (Å²) in [5, 5.41) is 8.87. The minimum Gasteiger partial charge on any atom is -0.479 e. The van der Waals surface area contributed by atoms with Crippen LogP contribution in [-0.2, 0) is 16.1 Å². The fourth-order valence-corrected chi connectivity index (χ4v) is 1.34. The largest absolute Gasteiger partial charge is 0.479 e. The molecular formula is C12H15FO3. The van der Waals surface area contributed by atoms with Crippen molar-refractivity contribution in [1.29, 1.82) is 0 Å². The Hall–Kier alpha value is -1.42. The van der Waals surface area contributed by atoms with Gasteiger partial charge in [-0.3, -0.25) is 0 Å². The Morgan fingerprint density at radius 2 is 2.06 bits per heavy atom. The number of hydrogen-bond donors (Lipinski definition) is 1. The number of benzene rings is 1. The average Bonchev–Trinajstić information content (AvgIpc) is 2.20. The van der Waals surface area contributed by atoms with Gasteiger partial charge >= 0.3 is 5.97 Å². The molecule has 1 aromatic carbocycles. The number of ether oxygens (including phenoxy) is 1. The van der Waals surface area contributed by atoms with Gasteiger partial charge in [-0.25, -0.2) is 9.18 Å². The van der Waals surface area contributed by atoms with Crippen LogP contribution in [0.15, 0.2) is 24.3 Å². The first kappa shape index (κ1) is 12.6. The maximum atomic E-state index is 13.2. The zero-order chi connectivity index (χ0) is 12.1. The lowest BCUT2D eigenvalue weighted by Crippen LogP contribution is -2.29. The van der Waals surface area contributed by atoms with Gasteiger partial charge in [-0.1, -0.05) is 32.0 Å². The van der Waals surface area contributed by atoms with Crippen LogP contribution < -0.4 is 0 Å². The van der Waals surface area contributed by atoms with E-state index in [0.717, 1.165) is 0 Å². The number of carboxylic acid groups (broad SMARTS) is 1. The number of carbonyl (C=O) groups is 1. The highest BCUT2D eigenvalue weighted by molar-refractivity contribution is 5.72. The van der Waals surface area contributed by atoms with Gasteiger partial charge in [0.25, 0.3) is 0 Å². The van der Waals surface area contributed by atoms with E-state index in [-0.39, 0.29) is 18.3 Å². The van der Waals surface area contributed by atoms with Crippen LogP contribution >= 0.6 is 0 Å². The summed E-state index contributed by atoms with van der Waals surface area (Å²) < 4.78 is 18.4. The number of halogens is 1. The molecule has 0 spiro atoms. The van der Waals surface area contributed by atoms with E-state index < -0.39 is 12.1 Å². The molecule has 88 valence electrons. The Labute approximate surface area is 93.9 Å². The van der Waals surface area contributed by atoms with Crippen LogP contribution in [0.2, 0.25) is 0 Å². The zero-order valence-electron chi connectivity index (χ0n) is 9.31. The Morgan fingerprint density at radius 1 is 1.44 bits per heavy atom. The van der Waals surface area contributed by atoms with Gasteiger partial charge in [0.2, 0.25) is 0 Å². The Kier molecular flexibility index (Phi) is 4.43. The predicted octanol–water partition coefficient (Wildman–Crippen LogP) is 2.45. The Balaban J connectivity index is 2.63. The molecule has 1 aromatic rings. The van der Waals surface area contributed by atoms with Crippen molar-refractivity contribution in [3.63, 3.8) is 0 Å². The molecule has 0 aliphatic heterocycles. The van der Waals surface area contributed by atoms with E-state index in [2.05, 4.69) is 0 Å². The maximum absolute atomic E-state index is 13.2. The van der Waals surface area contributed by atoms with Gasteiger partial charge in [0.1, 0.15) is 5.82 Å². The highest BCUT2D eigenvalue weighted by Crippen LogP contribution is 2.13. The second-order valence-corrected chi connectivity index (χ2v) is 3.91. The fourth-order valence-electron chi connectivity index (χ4n) is 1.34. The first-order chi connectivity index (χ1) is 7.52. The van der Waals surface area contributed by atoms with Gasteiger partial charge in [-0.2, -0.15) is 0 Å². The first-order valence-electron chi connectivity index (χ1n) is 5.10. The highest BCUT2D eigenvalue weighted by atomic mass is 19.1. The topological polar surface area (TPSA) is 46.5 Å². The molecule has 1 N–H and O–H groups in total. The summed E-state index contributed by atoms with van der Waals surface area (Å²) in [7, 11) is 0. The van der Waals surface area contributed by atoms with Gasteiger partial charge in [0.15, 0.2) is 6.10 Å². The van der Waals surface area contributed by atoms with Crippen LogP contribution in [0.5, 0.6) is 0 Å². The van der Waals surface area contributed by atoms with Gasteiger partial charge in [0.05, 0.1) is 6.61 Å². The second kappa shape index (κ2) is 5.61. The molecule has 0 aromatic heterocycles. The smallest absolute Gasteiger partial charge is 0.333 e. The lowest BCUT2D eigenvalue weighted by atomic mass is 10.1. The van der Waals surface area contributed by atoms with E-state index >= 15 is 0 Å². The molecule has 0 aliphatic carbocycles. The predicted molar refractivity (Wildman–Crippen MR) is 57.5 cm³/mol. The van der Waals surface area contributed by atoms with E-state index in [9.17, 15) is 9.18 Å². The normalized spacial score (nSPS) is 12.8. The third kappa shape index (κ3) is 3.31. The zero-order valence-corrected chi connectivity index (χ0v) is 9.31. The molecule has 1 rings (SSSR count). The van der Waals surface area contributed by atoms with Crippen molar-refractivity contribution < 1.29 is 19.0 Å². The Morgan fingerprint density at radius 3 is 2.56 bits per heavy atom. The molecule has 0 aliphatic rings. The maximum Gasteiger partial charge on any atom is 0.333 e. The molecule has 0 heterocycles. The van der Waals surface area contributed by atoms with Crippen LogP contribution in [0.4, 0.5) is 4.39 Å². The lowest BCUT2D eigenvalue weighted by molar-refractivity contribution is -0.154. The van der Waals surface area contributed by atoms with Crippen molar-refractivity contribution in [3.05, 3.63) is 35.6 Å². The number of aliphatic carboxylic acids is 1. The highest BCUT2D eigenvalue weighted by Gasteiger charge is 2.22. The van der Waals surface area contributed by atoms with Crippen molar-refractivity contribution in [3.8, 4) is 0 Å². The quantitative estimate of drug-likeness (QED) is 0.838. The standard InChI is InChI=1S/C12H15FO3/c1-8(2)11(12(14)15)16-7-9-5-3-4-6-10(9)13/h3-6,8,11H,7H2,1-2H3,(H,14,15). The van der Waals surface area contributed by atoms with Crippen molar-refractivity contribution in [2.45, 2.75) is 26.6 Å². The van der Waals surface area contributed by atoms with Crippen molar-refractivity contribution in [2.24, 2.45) is 5.92 Å². The first-order valence-corrected chi connectivity index (χ1v) is 5.10. The van der Waals surface area contributed by atoms with E-state index in [4.69, 9.17) is 9.84 Å². The van der Waals surface area contributed by atoms with Crippen molar-refractivity contribution >= 4 is 5.97 Å². The fraction of sp³-hybridized carbons (Fsp3) is 0.417.